The molecule has 0 saturated carbocycles. The van der Waals surface area contributed by atoms with Crippen molar-refractivity contribution in [1.82, 2.24) is 10.4 Å². The van der Waals surface area contributed by atoms with Gasteiger partial charge in [0.1, 0.15) is 5.82 Å². The summed E-state index contributed by atoms with van der Waals surface area (Å²) in [6, 6.07) is 1.53. The van der Waals surface area contributed by atoms with E-state index in [9.17, 15) is 0 Å². The maximum Gasteiger partial charge on any atom is 0.128 e. The van der Waals surface area contributed by atoms with Crippen LogP contribution in [0.15, 0.2) is 12.3 Å². The van der Waals surface area contributed by atoms with Crippen LogP contribution in [0.2, 0.25) is 5.02 Å². The number of hydrazine groups is 1. The summed E-state index contributed by atoms with van der Waals surface area (Å²) in [4.78, 5) is 4.04. The second-order valence-corrected chi connectivity index (χ2v) is 4.87. The molecular formula is C12H21ClN4O. The highest BCUT2D eigenvalue weighted by Crippen LogP contribution is 2.28. The summed E-state index contributed by atoms with van der Waals surface area (Å²) in [6.07, 6.45) is 1.42. The molecule has 1 heterocycles. The molecule has 5 nitrogen and oxygen atoms in total. The molecule has 0 aliphatic carbocycles. The van der Waals surface area contributed by atoms with Crippen LogP contribution >= 0.6 is 11.6 Å². The molecule has 0 aliphatic rings. The summed E-state index contributed by atoms with van der Waals surface area (Å²) < 4.78 is 5.74. The summed E-state index contributed by atoms with van der Waals surface area (Å²) in [6.45, 7) is 6.69. The Labute approximate surface area is 113 Å². The van der Waals surface area contributed by atoms with E-state index in [2.05, 4.69) is 24.3 Å². The maximum absolute atomic E-state index is 5.95. The average Bonchev–Trinajstić information content (AvgIpc) is 2.33. The highest BCUT2D eigenvalue weighted by atomic mass is 35.5. The van der Waals surface area contributed by atoms with Gasteiger partial charge in [0, 0.05) is 18.4 Å². The molecule has 102 valence electrons. The lowest BCUT2D eigenvalue weighted by atomic mass is 9.94. The number of hydrogen-bond acceptors (Lipinski definition) is 5. The molecular weight excluding hydrogens is 252 g/mol. The van der Waals surface area contributed by atoms with Gasteiger partial charge in [-0.25, -0.2) is 4.98 Å². The minimum Gasteiger partial charge on any atom is -0.383 e. The number of nitrogens with two attached hydrogens (primary N) is 2. The summed E-state index contributed by atoms with van der Waals surface area (Å²) >= 11 is 5.95. The van der Waals surface area contributed by atoms with Crippen molar-refractivity contribution in [1.29, 1.82) is 0 Å². The number of rotatable bonds is 6. The number of nitrogens with zero attached hydrogens (tertiary/aromatic N) is 1. The van der Waals surface area contributed by atoms with Crippen molar-refractivity contribution in [2.45, 2.75) is 32.9 Å². The van der Waals surface area contributed by atoms with Crippen LogP contribution in [-0.4, -0.2) is 17.7 Å². The van der Waals surface area contributed by atoms with Gasteiger partial charge in [-0.1, -0.05) is 25.4 Å². The van der Waals surface area contributed by atoms with E-state index < -0.39 is 0 Å². The number of nitrogen functional groups attached to an aromatic ring is 1. The van der Waals surface area contributed by atoms with Gasteiger partial charge in [0.05, 0.1) is 17.2 Å². The summed E-state index contributed by atoms with van der Waals surface area (Å²) in [5, 5.41) is 0.526. The van der Waals surface area contributed by atoms with Gasteiger partial charge in [0.2, 0.25) is 0 Å². The van der Waals surface area contributed by atoms with E-state index in [1.165, 1.54) is 6.20 Å². The standard InChI is InChI=1S/C12H21ClN4O/c1-4-18-11(7(2)3)10(17-15)9-5-8(13)6-16-12(9)14/h5-7,10-11,17H,4,15H2,1-3H3,(H2,14,16). The fourth-order valence-electron chi connectivity index (χ4n) is 1.94. The van der Waals surface area contributed by atoms with Crippen molar-refractivity contribution in [3.63, 3.8) is 0 Å². The molecule has 2 atom stereocenters. The van der Waals surface area contributed by atoms with Crippen molar-refractivity contribution in [2.24, 2.45) is 11.8 Å². The Balaban J connectivity index is 3.10. The van der Waals surface area contributed by atoms with Gasteiger partial charge in [0.25, 0.3) is 0 Å². The molecule has 0 saturated heterocycles. The van der Waals surface area contributed by atoms with Crippen LogP contribution in [0.25, 0.3) is 0 Å². The number of nitrogens with one attached hydrogen (secondary N) is 1. The molecule has 1 aromatic rings. The molecule has 5 N–H and O–H groups in total. The molecule has 0 aromatic carbocycles. The number of halogens is 1. The topological polar surface area (TPSA) is 86.2 Å². The lowest BCUT2D eigenvalue weighted by Crippen LogP contribution is -2.41. The summed E-state index contributed by atoms with van der Waals surface area (Å²) in [5.41, 5.74) is 9.39. The lowest BCUT2D eigenvalue weighted by molar-refractivity contribution is 0.00288. The summed E-state index contributed by atoms with van der Waals surface area (Å²) in [7, 11) is 0. The molecule has 0 spiro atoms. The number of anilines is 1. The minimum absolute atomic E-state index is 0.0948. The average molecular weight is 273 g/mol. The zero-order valence-electron chi connectivity index (χ0n) is 11.0. The first kappa shape index (κ1) is 15.2. The van der Waals surface area contributed by atoms with E-state index in [4.69, 9.17) is 27.9 Å². The third-order valence-electron chi connectivity index (χ3n) is 2.78. The maximum atomic E-state index is 5.95. The molecule has 2 unspecified atom stereocenters. The second-order valence-electron chi connectivity index (χ2n) is 4.44. The number of aromatic nitrogens is 1. The van der Waals surface area contributed by atoms with Crippen molar-refractivity contribution >= 4 is 17.4 Å². The third kappa shape index (κ3) is 3.55. The van der Waals surface area contributed by atoms with E-state index in [1.807, 2.05) is 6.92 Å². The van der Waals surface area contributed by atoms with Gasteiger partial charge in [-0.3, -0.25) is 11.3 Å². The molecule has 0 bridgehead atoms. The first-order chi connectivity index (χ1) is 8.51. The Morgan fingerprint density at radius 1 is 1.50 bits per heavy atom. The van der Waals surface area contributed by atoms with Crippen molar-refractivity contribution in [3.05, 3.63) is 22.8 Å². The Kier molecular flexibility index (Phi) is 5.81. The monoisotopic (exact) mass is 272 g/mol. The summed E-state index contributed by atoms with van der Waals surface area (Å²) in [5.74, 6) is 6.33. The van der Waals surface area contributed by atoms with Gasteiger partial charge >= 0.3 is 0 Å². The van der Waals surface area contributed by atoms with Crippen LogP contribution in [-0.2, 0) is 4.74 Å². The molecule has 0 amide bonds. The first-order valence-corrected chi connectivity index (χ1v) is 6.37. The highest BCUT2D eigenvalue weighted by Gasteiger charge is 2.27. The van der Waals surface area contributed by atoms with E-state index >= 15 is 0 Å². The van der Waals surface area contributed by atoms with E-state index in [0.717, 1.165) is 5.56 Å². The highest BCUT2D eigenvalue weighted by molar-refractivity contribution is 6.30. The van der Waals surface area contributed by atoms with Gasteiger partial charge < -0.3 is 10.5 Å². The smallest absolute Gasteiger partial charge is 0.128 e. The van der Waals surface area contributed by atoms with Crippen molar-refractivity contribution in [2.75, 3.05) is 12.3 Å². The van der Waals surface area contributed by atoms with E-state index in [0.29, 0.717) is 17.4 Å². The second kappa shape index (κ2) is 6.89. The van der Waals surface area contributed by atoms with Crippen LogP contribution in [0.3, 0.4) is 0 Å². The van der Waals surface area contributed by atoms with Crippen molar-refractivity contribution in [3.8, 4) is 0 Å². The SMILES string of the molecule is CCOC(C(C)C)C(NN)c1cc(Cl)cnc1N. The largest absolute Gasteiger partial charge is 0.383 e. The van der Waals surface area contributed by atoms with Gasteiger partial charge in [-0.15, -0.1) is 0 Å². The lowest BCUT2D eigenvalue weighted by Gasteiger charge is -2.30. The first-order valence-electron chi connectivity index (χ1n) is 5.99. The predicted molar refractivity (Wildman–Crippen MR) is 74.0 cm³/mol. The third-order valence-corrected chi connectivity index (χ3v) is 2.98. The predicted octanol–water partition coefficient (Wildman–Crippen LogP) is 1.88. The molecule has 0 fully saturated rings. The Bertz CT molecular complexity index is 386. The Morgan fingerprint density at radius 2 is 2.17 bits per heavy atom. The van der Waals surface area contributed by atoms with Gasteiger partial charge in [0.15, 0.2) is 0 Å². The van der Waals surface area contributed by atoms with Crippen LogP contribution in [0.5, 0.6) is 0 Å². The fraction of sp³-hybridized carbons (Fsp3) is 0.583. The fourth-order valence-corrected chi connectivity index (χ4v) is 2.11. The van der Waals surface area contributed by atoms with Crippen LogP contribution in [0, 0.1) is 5.92 Å². The van der Waals surface area contributed by atoms with Crippen LogP contribution in [0.4, 0.5) is 5.82 Å². The molecule has 1 rings (SSSR count). The molecule has 6 heteroatoms. The van der Waals surface area contributed by atoms with Crippen molar-refractivity contribution < 1.29 is 4.74 Å². The zero-order valence-corrected chi connectivity index (χ0v) is 11.7. The van der Waals surface area contributed by atoms with E-state index in [1.54, 1.807) is 6.07 Å². The number of hydrogen-bond donors (Lipinski definition) is 3. The number of ether oxygens (including phenoxy) is 1. The molecule has 18 heavy (non-hydrogen) atoms. The Hall–Kier alpha value is -0.880. The molecule has 1 aromatic heterocycles. The minimum atomic E-state index is -0.240. The van der Waals surface area contributed by atoms with Gasteiger partial charge in [-0.2, -0.15) is 0 Å². The van der Waals surface area contributed by atoms with Gasteiger partial charge in [-0.05, 0) is 18.9 Å². The van der Waals surface area contributed by atoms with Crippen LogP contribution < -0.4 is 17.0 Å². The van der Waals surface area contributed by atoms with Crippen LogP contribution in [0.1, 0.15) is 32.4 Å². The quantitative estimate of drug-likeness (QED) is 0.544. The normalized spacial score (nSPS) is 14.8. The Morgan fingerprint density at radius 3 is 2.67 bits per heavy atom. The molecule has 0 radical (unpaired) electrons. The van der Waals surface area contributed by atoms with E-state index in [-0.39, 0.29) is 18.1 Å². The number of pyridine rings is 1. The zero-order chi connectivity index (χ0) is 13.7. The molecule has 0 aliphatic heterocycles.